The summed E-state index contributed by atoms with van der Waals surface area (Å²) in [6.07, 6.45) is 1.70. The Bertz CT molecular complexity index is 3010. The Morgan fingerprint density at radius 3 is 2.41 bits per heavy atom. The number of alkyl carbamates (subject to hydrolysis) is 1. The lowest BCUT2D eigenvalue weighted by Gasteiger charge is -2.42. The molecule has 87 heavy (non-hydrogen) atoms. The van der Waals surface area contributed by atoms with E-state index in [1.807, 2.05) is 13.0 Å². The van der Waals surface area contributed by atoms with Crippen molar-refractivity contribution in [2.45, 2.75) is 160 Å². The number of rotatable bonds is 25. The first kappa shape index (κ1) is 70.0. The molecule has 2 aromatic carbocycles. The monoisotopic (exact) mass is 1360 g/mol. The molecule has 0 radical (unpaired) electrons. The van der Waals surface area contributed by atoms with E-state index in [1.165, 1.54) is 31.4 Å². The minimum Gasteiger partial charge on any atom is -0.495 e. The van der Waals surface area contributed by atoms with Gasteiger partial charge in [-0.15, -0.1) is 0 Å². The number of benzene rings is 2. The van der Waals surface area contributed by atoms with E-state index in [2.05, 4.69) is 68.7 Å². The second-order valence-corrected chi connectivity index (χ2v) is 24.4. The van der Waals surface area contributed by atoms with Crippen LogP contribution in [0.4, 0.5) is 26.7 Å². The van der Waals surface area contributed by atoms with E-state index in [-0.39, 0.29) is 78.8 Å². The summed E-state index contributed by atoms with van der Waals surface area (Å²) in [4.78, 5) is 99.2. The average Bonchev–Trinajstić information content (AvgIpc) is 1.61. The molecule has 11 atom stereocenters. The Balaban J connectivity index is 1.21. The molecule has 2 unspecified atom stereocenters. The molecule has 3 aromatic rings. The summed E-state index contributed by atoms with van der Waals surface area (Å²) in [7, 11) is 4.45. The van der Waals surface area contributed by atoms with Crippen LogP contribution in [0.25, 0.3) is 10.9 Å². The third-order valence-electron chi connectivity index (χ3n) is 15.7. The van der Waals surface area contributed by atoms with Gasteiger partial charge in [-0.2, -0.15) is 0 Å². The van der Waals surface area contributed by atoms with Crippen molar-refractivity contribution in [3.63, 3.8) is 0 Å². The number of unbranched alkanes of at least 4 members (excludes halogenated alkanes) is 1. The van der Waals surface area contributed by atoms with E-state index in [1.54, 1.807) is 84.2 Å². The number of hydrogen-bond acceptors (Lipinski definition) is 17. The Morgan fingerprint density at radius 2 is 1.74 bits per heavy atom. The van der Waals surface area contributed by atoms with Crippen molar-refractivity contribution in [1.82, 2.24) is 26.3 Å². The van der Waals surface area contributed by atoms with E-state index in [0.29, 0.717) is 58.9 Å². The van der Waals surface area contributed by atoms with Gasteiger partial charge in [-0.05, 0) is 107 Å². The van der Waals surface area contributed by atoms with Crippen molar-refractivity contribution in [2.24, 2.45) is 23.5 Å². The standard InChI is InChI=1S/C60H82Br2ClN9O15/c1-32(2)50(70-47(73)20-11-10-16-34(4)84-55(77)37(30-61)31-62)54(76)68-41(18-14-24-66-56(64)78)53(75)67-40-22-21-39(38-17-13-23-65-51(38)40)69-57(79)86-46-28-48(74)72(7)42-26-36(27-43(82-8)49(42)63)25-33(3)15-12-19-45(83-9)60(81)29-44(85-58(80)71-60)35(5)52-59(46,6)87-52/h12-13,15,17,19,21-23,26-27,32,34-35,37,41,44-46,50,52,57,69,79,81H,10-11,14,16,18,20,24-25,28-31H2,1-9H3,(H,67,75)(H,68,76)(H,70,73)(H,71,80)(H3,64,66,78)/b19-12+,33-15+/t34?,35-,41+,44+,45-,46+,50+,52+,57?,59+,60+/m1/s1. The number of pyridine rings is 1. The van der Waals surface area contributed by atoms with Crippen LogP contribution in [0.15, 0.2) is 66.4 Å². The molecule has 1 aromatic heterocycles. The summed E-state index contributed by atoms with van der Waals surface area (Å²) in [6.45, 7) is 10.8. The third-order valence-corrected chi connectivity index (χ3v) is 17.6. The molecule has 2 fully saturated rings. The number of carbonyl (C=O) groups excluding carboxylic acids is 7. The first-order valence-electron chi connectivity index (χ1n) is 28.9. The largest absolute Gasteiger partial charge is 0.495 e. The number of aliphatic hydroxyl groups excluding tert-OH is 1. The SMILES string of the molecule is COc1cc2cc(c1Cl)N(C)C(=O)C[C@H](OC(O)Nc1ccc(NC(=O)[C@H](CCCNC(N)=O)NC(=O)[C@@H](NC(=O)CCCCC(C)OC(=O)C(CBr)CBr)C(C)C)c3ncccc13)[C@]1(C)O[C@H]1[C@H](C)[C@@H]1C[C@@](O)(NC(=O)O1)[C@H](OC)/C=C/C=C(\C)C2. The predicted octanol–water partition coefficient (Wildman–Crippen LogP) is 6.99. The van der Waals surface area contributed by atoms with Crippen molar-refractivity contribution in [3.05, 3.63) is 77.0 Å². The third kappa shape index (κ3) is 18.7. The van der Waals surface area contributed by atoms with E-state index < -0.39 is 95.9 Å². The van der Waals surface area contributed by atoms with Crippen LogP contribution in [0.3, 0.4) is 0 Å². The highest BCUT2D eigenvalue weighted by molar-refractivity contribution is 9.09. The fourth-order valence-electron chi connectivity index (χ4n) is 10.6. The summed E-state index contributed by atoms with van der Waals surface area (Å²) in [5.74, 6) is -3.41. The molecule has 2 saturated heterocycles. The van der Waals surface area contributed by atoms with Crippen LogP contribution in [0.2, 0.25) is 5.02 Å². The van der Waals surface area contributed by atoms with Crippen molar-refractivity contribution >= 4 is 113 Å². The number of halogens is 3. The molecular formula is C60H82Br2ClN9O15. The number of carbonyl (C=O) groups is 7. The van der Waals surface area contributed by atoms with Gasteiger partial charge in [0.2, 0.25) is 30.0 Å². The molecule has 3 aliphatic rings. The number of hydrogen-bond donors (Lipinski definition) is 9. The van der Waals surface area contributed by atoms with E-state index in [0.717, 1.165) is 11.1 Å². The molecule has 0 spiro atoms. The zero-order chi connectivity index (χ0) is 63.9. The number of allylic oxidation sites excluding steroid dienone is 3. The first-order chi connectivity index (χ1) is 41.2. The zero-order valence-electron chi connectivity index (χ0n) is 50.4. The lowest BCUT2D eigenvalue weighted by molar-refractivity contribution is -0.152. The topological polar surface area (TPSA) is 333 Å². The molecule has 10 N–H and O–H groups in total. The van der Waals surface area contributed by atoms with Crippen LogP contribution < -0.4 is 47.3 Å². The summed E-state index contributed by atoms with van der Waals surface area (Å²) < 4.78 is 35.4. The molecule has 3 aliphatic heterocycles. The molecule has 24 nitrogen and oxygen atoms in total. The summed E-state index contributed by atoms with van der Waals surface area (Å²) in [5.41, 5.74) is 4.89. The predicted molar refractivity (Wildman–Crippen MR) is 334 cm³/mol. The number of alkyl halides is 2. The molecule has 478 valence electrons. The zero-order valence-corrected chi connectivity index (χ0v) is 54.3. The molecule has 0 saturated carbocycles. The minimum atomic E-state index is -1.90. The van der Waals surface area contributed by atoms with Gasteiger partial charge in [0.15, 0.2) is 5.72 Å². The van der Waals surface area contributed by atoms with Crippen LogP contribution in [0.5, 0.6) is 5.75 Å². The first-order valence-corrected chi connectivity index (χ1v) is 31.5. The highest BCUT2D eigenvalue weighted by Crippen LogP contribution is 2.49. The molecular weight excluding hydrogens is 1280 g/mol. The number of aromatic nitrogens is 1. The number of ether oxygens (including phenoxy) is 6. The van der Waals surface area contributed by atoms with Gasteiger partial charge >= 0.3 is 18.1 Å². The van der Waals surface area contributed by atoms with E-state index in [9.17, 15) is 43.8 Å². The van der Waals surface area contributed by atoms with Gasteiger partial charge in [0.05, 0.1) is 48.5 Å². The van der Waals surface area contributed by atoms with E-state index in [4.69, 9.17) is 45.8 Å². The van der Waals surface area contributed by atoms with Crippen LogP contribution in [0.1, 0.15) is 98.5 Å². The van der Waals surface area contributed by atoms with Gasteiger partial charge < -0.3 is 75.9 Å². The number of fused-ring (bicyclic) bond motifs is 6. The second kappa shape index (κ2) is 31.9. The van der Waals surface area contributed by atoms with Crippen molar-refractivity contribution < 1.29 is 72.2 Å². The maximum absolute atomic E-state index is 14.6. The molecule has 4 heterocycles. The van der Waals surface area contributed by atoms with Crippen molar-refractivity contribution in [1.29, 1.82) is 0 Å². The fourth-order valence-corrected chi connectivity index (χ4v) is 12.6. The summed E-state index contributed by atoms with van der Waals surface area (Å²) in [5, 5.41) is 41.9. The van der Waals surface area contributed by atoms with Crippen LogP contribution in [-0.4, -0.2) is 156 Å². The van der Waals surface area contributed by atoms with Crippen LogP contribution in [0, 0.1) is 17.8 Å². The van der Waals surface area contributed by atoms with Gasteiger partial charge in [0.25, 0.3) is 0 Å². The van der Waals surface area contributed by atoms with Gasteiger partial charge in [-0.1, -0.05) is 88.0 Å². The van der Waals surface area contributed by atoms with Crippen molar-refractivity contribution in [2.75, 3.05) is 54.0 Å². The Hall–Kier alpha value is -6.13. The highest BCUT2D eigenvalue weighted by atomic mass is 79.9. The Kier molecular flexibility index (Phi) is 25.6. The number of aliphatic hydroxyl groups is 2. The number of anilines is 3. The minimum absolute atomic E-state index is 0.0453. The number of nitrogens with zero attached hydrogens (tertiary/aromatic N) is 2. The van der Waals surface area contributed by atoms with Gasteiger partial charge in [0, 0.05) is 67.4 Å². The van der Waals surface area contributed by atoms with E-state index >= 15 is 0 Å². The van der Waals surface area contributed by atoms with Gasteiger partial charge in [-0.25, -0.2) is 9.59 Å². The van der Waals surface area contributed by atoms with Gasteiger partial charge in [0.1, 0.15) is 46.8 Å². The molecule has 7 amide bonds. The number of amides is 7. The lowest BCUT2D eigenvalue weighted by Crippen LogP contribution is -2.63. The number of esters is 1. The number of epoxide rings is 1. The maximum atomic E-state index is 14.6. The number of urea groups is 1. The molecule has 4 bridgehead atoms. The summed E-state index contributed by atoms with van der Waals surface area (Å²) in [6, 6.07) is 7.01. The summed E-state index contributed by atoms with van der Waals surface area (Å²) >= 11 is 13.5. The average molecular weight is 1360 g/mol. The van der Waals surface area contributed by atoms with Crippen molar-refractivity contribution in [3.8, 4) is 5.75 Å². The van der Waals surface area contributed by atoms with Gasteiger partial charge in [-0.3, -0.25) is 34.3 Å². The Labute approximate surface area is 528 Å². The van der Waals surface area contributed by atoms with Crippen LogP contribution >= 0.6 is 43.5 Å². The second-order valence-electron chi connectivity index (χ2n) is 22.8. The molecule has 27 heteroatoms. The Morgan fingerprint density at radius 1 is 1.01 bits per heavy atom. The number of primary amides is 1. The number of methoxy groups -OCH3 is 2. The van der Waals surface area contributed by atoms with Crippen LogP contribution in [-0.2, 0) is 54.1 Å². The number of nitrogens with one attached hydrogen (secondary N) is 6. The highest BCUT2D eigenvalue weighted by Gasteiger charge is 2.64. The molecule has 6 rings (SSSR count). The normalized spacial score (nSPS) is 24.6. The number of nitrogens with two attached hydrogens (primary N) is 1. The maximum Gasteiger partial charge on any atom is 0.409 e. The lowest BCUT2D eigenvalue weighted by atomic mass is 9.83. The fraction of sp³-hybridized carbons (Fsp3) is 0.567. The molecule has 0 aliphatic carbocycles. The quantitative estimate of drug-likeness (QED) is 0.0136. The smallest absolute Gasteiger partial charge is 0.409 e.